The molecule has 2 rings (SSSR count). The van der Waals surface area contributed by atoms with Gasteiger partial charge in [0.1, 0.15) is 0 Å². The number of rotatable bonds is 3. The maximum atomic E-state index is 12.2. The van der Waals surface area contributed by atoms with Crippen molar-refractivity contribution >= 4 is 23.0 Å². The van der Waals surface area contributed by atoms with Gasteiger partial charge in [-0.25, -0.2) is 0 Å². The number of benzene rings is 2. The molecule has 0 atom stereocenters. The van der Waals surface area contributed by atoms with Crippen LogP contribution in [0.2, 0.25) is 0 Å². The Kier molecular flexibility index (Phi) is 4.10. The monoisotopic (exact) mass is 280 g/mol. The van der Waals surface area contributed by atoms with E-state index in [-0.39, 0.29) is 5.91 Å². The van der Waals surface area contributed by atoms with Gasteiger partial charge in [-0.2, -0.15) is 5.26 Å². The molecule has 0 heterocycles. The van der Waals surface area contributed by atoms with Crippen molar-refractivity contribution in [2.75, 3.05) is 30.0 Å². The van der Waals surface area contributed by atoms with Crippen molar-refractivity contribution in [1.29, 1.82) is 5.26 Å². The Morgan fingerprint density at radius 3 is 2.62 bits per heavy atom. The average molecular weight is 280 g/mol. The first-order chi connectivity index (χ1) is 10.0. The van der Waals surface area contributed by atoms with Crippen LogP contribution in [0.3, 0.4) is 0 Å². The van der Waals surface area contributed by atoms with Gasteiger partial charge in [0.2, 0.25) is 0 Å². The number of nitrogens with one attached hydrogen (secondary N) is 1. The van der Waals surface area contributed by atoms with Crippen LogP contribution < -0.4 is 16.0 Å². The Balaban J connectivity index is 2.21. The molecule has 2 aromatic carbocycles. The van der Waals surface area contributed by atoms with Crippen LogP contribution in [0.4, 0.5) is 17.1 Å². The first-order valence-electron chi connectivity index (χ1n) is 6.39. The largest absolute Gasteiger partial charge is 0.397 e. The number of amides is 1. The molecule has 0 radical (unpaired) electrons. The van der Waals surface area contributed by atoms with Crippen LogP contribution in [0.1, 0.15) is 15.9 Å². The lowest BCUT2D eigenvalue weighted by molar-refractivity contribution is 0.102. The van der Waals surface area contributed by atoms with Gasteiger partial charge in [-0.3, -0.25) is 4.79 Å². The highest BCUT2D eigenvalue weighted by molar-refractivity contribution is 6.05. The van der Waals surface area contributed by atoms with Crippen molar-refractivity contribution in [3.63, 3.8) is 0 Å². The summed E-state index contributed by atoms with van der Waals surface area (Å²) in [5, 5.41) is 11.6. The second-order valence-electron chi connectivity index (χ2n) is 4.81. The molecule has 0 aliphatic carbocycles. The Labute approximate surface area is 123 Å². The topological polar surface area (TPSA) is 82.2 Å². The van der Waals surface area contributed by atoms with E-state index in [4.69, 9.17) is 11.0 Å². The first-order valence-corrected chi connectivity index (χ1v) is 6.39. The van der Waals surface area contributed by atoms with Crippen molar-refractivity contribution in [2.24, 2.45) is 0 Å². The molecule has 0 bridgehead atoms. The molecule has 21 heavy (non-hydrogen) atoms. The van der Waals surface area contributed by atoms with Crippen molar-refractivity contribution < 1.29 is 4.79 Å². The van der Waals surface area contributed by atoms with E-state index in [1.807, 2.05) is 25.1 Å². The van der Waals surface area contributed by atoms with Crippen LogP contribution in [0.25, 0.3) is 0 Å². The molecule has 5 nitrogen and oxygen atoms in total. The van der Waals surface area contributed by atoms with E-state index >= 15 is 0 Å². The summed E-state index contributed by atoms with van der Waals surface area (Å²) in [5.74, 6) is -0.262. The number of carbonyl (C=O) groups excluding carboxylic acids is 1. The molecule has 0 unspecified atom stereocenters. The van der Waals surface area contributed by atoms with Gasteiger partial charge in [0.25, 0.3) is 5.91 Å². The van der Waals surface area contributed by atoms with Crippen LogP contribution >= 0.6 is 0 Å². The minimum Gasteiger partial charge on any atom is -0.397 e. The molecule has 1 amide bonds. The third-order valence-corrected chi connectivity index (χ3v) is 3.02. The van der Waals surface area contributed by atoms with Crippen molar-refractivity contribution in [3.05, 3.63) is 53.6 Å². The molecular formula is C16H16N4O. The quantitative estimate of drug-likeness (QED) is 0.846. The first kappa shape index (κ1) is 14.4. The minimum absolute atomic E-state index is 0.262. The molecule has 0 fully saturated rings. The number of nitrogens with zero attached hydrogens (tertiary/aromatic N) is 2. The van der Waals surface area contributed by atoms with Gasteiger partial charge >= 0.3 is 0 Å². The number of nitrogen functional groups attached to an aromatic ring is 1. The predicted molar refractivity (Wildman–Crippen MR) is 84.3 cm³/mol. The lowest BCUT2D eigenvalue weighted by Gasteiger charge is -2.16. The van der Waals surface area contributed by atoms with Gasteiger partial charge in [-0.05, 0) is 36.4 Å². The number of hydrogen-bond donors (Lipinski definition) is 2. The highest BCUT2D eigenvalue weighted by Crippen LogP contribution is 2.23. The fraction of sp³-hybridized carbons (Fsp3) is 0.125. The Morgan fingerprint density at radius 1 is 1.24 bits per heavy atom. The molecule has 0 aromatic heterocycles. The maximum absolute atomic E-state index is 12.2. The van der Waals surface area contributed by atoms with Gasteiger partial charge in [0.15, 0.2) is 0 Å². The number of anilines is 3. The number of nitrogens with two attached hydrogens (primary N) is 1. The molecule has 0 saturated heterocycles. The minimum atomic E-state index is -0.262. The van der Waals surface area contributed by atoms with Crippen LogP contribution in [0.15, 0.2) is 42.5 Å². The van der Waals surface area contributed by atoms with Crippen molar-refractivity contribution in [1.82, 2.24) is 0 Å². The molecule has 106 valence electrons. The zero-order valence-electron chi connectivity index (χ0n) is 11.9. The summed E-state index contributed by atoms with van der Waals surface area (Å²) in [6.07, 6.45) is 0. The van der Waals surface area contributed by atoms with Gasteiger partial charge < -0.3 is 16.0 Å². The fourth-order valence-corrected chi connectivity index (χ4v) is 1.97. The third-order valence-electron chi connectivity index (χ3n) is 3.02. The molecule has 0 aliphatic heterocycles. The summed E-state index contributed by atoms with van der Waals surface area (Å²) in [7, 11) is 3.78. The molecule has 5 heteroatoms. The van der Waals surface area contributed by atoms with Crippen LogP contribution in [0.5, 0.6) is 0 Å². The fourth-order valence-electron chi connectivity index (χ4n) is 1.97. The highest BCUT2D eigenvalue weighted by Gasteiger charge is 2.09. The zero-order chi connectivity index (χ0) is 15.4. The lowest BCUT2D eigenvalue weighted by atomic mass is 10.1. The van der Waals surface area contributed by atoms with E-state index in [0.717, 1.165) is 5.69 Å². The smallest absolute Gasteiger partial charge is 0.255 e. The Hall–Kier alpha value is -3.00. The van der Waals surface area contributed by atoms with E-state index in [0.29, 0.717) is 22.5 Å². The number of nitriles is 1. The summed E-state index contributed by atoms with van der Waals surface area (Å²) in [4.78, 5) is 14.1. The highest BCUT2D eigenvalue weighted by atomic mass is 16.1. The van der Waals surface area contributed by atoms with Crippen molar-refractivity contribution in [2.45, 2.75) is 0 Å². The summed E-state index contributed by atoms with van der Waals surface area (Å²) < 4.78 is 0. The van der Waals surface area contributed by atoms with Crippen LogP contribution in [0, 0.1) is 11.3 Å². The SMILES string of the molecule is CN(C)c1ccc(C(=O)Nc2cccc(C#N)c2)cc1N. The molecular weight excluding hydrogens is 264 g/mol. The average Bonchev–Trinajstić information content (AvgIpc) is 2.46. The van der Waals surface area contributed by atoms with E-state index in [1.165, 1.54) is 0 Å². The van der Waals surface area contributed by atoms with Crippen molar-refractivity contribution in [3.8, 4) is 6.07 Å². The molecule has 0 aliphatic rings. The van der Waals surface area contributed by atoms with E-state index < -0.39 is 0 Å². The van der Waals surface area contributed by atoms with E-state index in [9.17, 15) is 4.79 Å². The predicted octanol–water partition coefficient (Wildman–Crippen LogP) is 2.46. The number of hydrogen-bond acceptors (Lipinski definition) is 4. The van der Waals surface area contributed by atoms with E-state index in [1.54, 1.807) is 42.5 Å². The Bertz CT molecular complexity index is 716. The third kappa shape index (κ3) is 3.31. The van der Waals surface area contributed by atoms with Gasteiger partial charge in [0, 0.05) is 25.3 Å². The maximum Gasteiger partial charge on any atom is 0.255 e. The molecule has 0 spiro atoms. The second-order valence-corrected chi connectivity index (χ2v) is 4.81. The summed E-state index contributed by atoms with van der Waals surface area (Å²) in [6.45, 7) is 0. The van der Waals surface area contributed by atoms with E-state index in [2.05, 4.69) is 5.32 Å². The normalized spacial score (nSPS) is 9.76. The van der Waals surface area contributed by atoms with Gasteiger partial charge in [-0.1, -0.05) is 6.07 Å². The zero-order valence-corrected chi connectivity index (χ0v) is 11.9. The van der Waals surface area contributed by atoms with Crippen LogP contribution in [-0.4, -0.2) is 20.0 Å². The van der Waals surface area contributed by atoms with Gasteiger partial charge in [-0.15, -0.1) is 0 Å². The molecule has 3 N–H and O–H groups in total. The summed E-state index contributed by atoms with van der Waals surface area (Å²) >= 11 is 0. The molecule has 0 saturated carbocycles. The lowest BCUT2D eigenvalue weighted by Crippen LogP contribution is -2.15. The Morgan fingerprint density at radius 2 is 2.00 bits per heavy atom. The number of carbonyl (C=O) groups is 1. The summed E-state index contributed by atoms with van der Waals surface area (Å²) in [6, 6.07) is 13.9. The van der Waals surface area contributed by atoms with Gasteiger partial charge in [0.05, 0.1) is 23.0 Å². The standard InChI is InChI=1S/C16H16N4O/c1-20(2)15-7-6-12(9-14(15)18)16(21)19-13-5-3-4-11(8-13)10-17/h3-9H,18H2,1-2H3,(H,19,21). The molecule has 2 aromatic rings. The second kappa shape index (κ2) is 5.97. The summed E-state index contributed by atoms with van der Waals surface area (Å²) in [5.41, 5.74) is 8.88. The van der Waals surface area contributed by atoms with Crippen LogP contribution in [-0.2, 0) is 0 Å².